The standard InChI is InChI=1S/C16H28N2O3/c1-2-6-13(15(19)20)11-17-16(21)18-10-5-9-14(18)12-7-3-4-8-12/h12-14H,2-11H2,1H3,(H,17,21)(H,19,20). The zero-order valence-corrected chi connectivity index (χ0v) is 13.0. The van der Waals surface area contributed by atoms with Crippen LogP contribution < -0.4 is 5.32 Å². The number of carbonyl (C=O) groups excluding carboxylic acids is 1. The van der Waals surface area contributed by atoms with Gasteiger partial charge in [0.05, 0.1) is 5.92 Å². The van der Waals surface area contributed by atoms with Crippen molar-refractivity contribution in [3.63, 3.8) is 0 Å². The molecule has 2 unspecified atom stereocenters. The molecular weight excluding hydrogens is 268 g/mol. The van der Waals surface area contributed by atoms with E-state index in [0.29, 0.717) is 18.4 Å². The first kappa shape index (κ1) is 16.1. The van der Waals surface area contributed by atoms with Gasteiger partial charge in [-0.15, -0.1) is 0 Å². The van der Waals surface area contributed by atoms with Crippen LogP contribution in [0.1, 0.15) is 58.3 Å². The van der Waals surface area contributed by atoms with Gasteiger partial charge >= 0.3 is 12.0 Å². The summed E-state index contributed by atoms with van der Waals surface area (Å²) in [5.74, 6) is -0.624. The summed E-state index contributed by atoms with van der Waals surface area (Å²) in [4.78, 5) is 25.5. The fraction of sp³-hybridized carbons (Fsp3) is 0.875. The lowest BCUT2D eigenvalue weighted by Crippen LogP contribution is -2.47. The first-order valence-corrected chi connectivity index (χ1v) is 8.40. The van der Waals surface area contributed by atoms with Crippen LogP contribution in [0.3, 0.4) is 0 Å². The Morgan fingerprint density at radius 2 is 1.95 bits per heavy atom. The first-order chi connectivity index (χ1) is 10.1. The molecule has 5 nitrogen and oxygen atoms in total. The molecule has 0 radical (unpaired) electrons. The van der Waals surface area contributed by atoms with Gasteiger partial charge in [-0.3, -0.25) is 4.79 Å². The van der Waals surface area contributed by atoms with Gasteiger partial charge in [-0.2, -0.15) is 0 Å². The Kier molecular flexibility index (Phi) is 5.88. The minimum Gasteiger partial charge on any atom is -0.481 e. The van der Waals surface area contributed by atoms with Crippen molar-refractivity contribution >= 4 is 12.0 Å². The lowest BCUT2D eigenvalue weighted by Gasteiger charge is -2.30. The predicted octanol–water partition coefficient (Wildman–Crippen LogP) is 2.85. The van der Waals surface area contributed by atoms with Crippen LogP contribution in [0.25, 0.3) is 0 Å². The summed E-state index contributed by atoms with van der Waals surface area (Å²) in [5, 5.41) is 12.0. The van der Waals surface area contributed by atoms with E-state index in [1.807, 2.05) is 11.8 Å². The molecule has 0 bridgehead atoms. The maximum absolute atomic E-state index is 12.4. The van der Waals surface area contributed by atoms with Crippen LogP contribution in [0.4, 0.5) is 4.79 Å². The topological polar surface area (TPSA) is 69.6 Å². The van der Waals surface area contributed by atoms with Crippen molar-refractivity contribution in [1.82, 2.24) is 10.2 Å². The minimum atomic E-state index is -0.814. The van der Waals surface area contributed by atoms with Crippen molar-refractivity contribution in [2.75, 3.05) is 13.1 Å². The van der Waals surface area contributed by atoms with Gasteiger partial charge in [0.2, 0.25) is 0 Å². The number of urea groups is 1. The Labute approximate surface area is 127 Å². The molecule has 1 saturated carbocycles. The summed E-state index contributed by atoms with van der Waals surface area (Å²) in [6.07, 6.45) is 8.66. The highest BCUT2D eigenvalue weighted by Crippen LogP contribution is 2.35. The molecule has 2 amide bonds. The number of aliphatic carboxylic acids is 1. The zero-order valence-electron chi connectivity index (χ0n) is 13.0. The number of carboxylic acids is 1. The number of hydrogen-bond donors (Lipinski definition) is 2. The monoisotopic (exact) mass is 296 g/mol. The summed E-state index contributed by atoms with van der Waals surface area (Å²) in [7, 11) is 0. The van der Waals surface area contributed by atoms with E-state index in [0.717, 1.165) is 25.8 Å². The highest BCUT2D eigenvalue weighted by molar-refractivity contribution is 5.76. The van der Waals surface area contributed by atoms with Gasteiger partial charge in [0.1, 0.15) is 0 Å². The van der Waals surface area contributed by atoms with E-state index < -0.39 is 11.9 Å². The summed E-state index contributed by atoms with van der Waals surface area (Å²) < 4.78 is 0. The van der Waals surface area contributed by atoms with Gasteiger partial charge < -0.3 is 15.3 Å². The molecule has 1 saturated heterocycles. The summed E-state index contributed by atoms with van der Waals surface area (Å²) >= 11 is 0. The molecule has 2 atom stereocenters. The Hall–Kier alpha value is -1.26. The number of nitrogens with one attached hydrogen (secondary N) is 1. The third-order valence-electron chi connectivity index (χ3n) is 4.99. The van der Waals surface area contributed by atoms with E-state index in [4.69, 9.17) is 5.11 Å². The number of rotatable bonds is 6. The molecule has 2 fully saturated rings. The van der Waals surface area contributed by atoms with Crippen LogP contribution in [0.5, 0.6) is 0 Å². The summed E-state index contributed by atoms with van der Waals surface area (Å²) in [5.41, 5.74) is 0. The third kappa shape index (κ3) is 4.11. The number of carbonyl (C=O) groups is 2. The smallest absolute Gasteiger partial charge is 0.317 e. The molecule has 120 valence electrons. The van der Waals surface area contributed by atoms with E-state index in [9.17, 15) is 9.59 Å². The van der Waals surface area contributed by atoms with Crippen molar-refractivity contribution in [3.05, 3.63) is 0 Å². The van der Waals surface area contributed by atoms with Gasteiger partial charge in [-0.25, -0.2) is 4.79 Å². The lowest BCUT2D eigenvalue weighted by molar-refractivity contribution is -0.141. The molecule has 5 heteroatoms. The zero-order chi connectivity index (χ0) is 15.2. The molecule has 0 aromatic rings. The number of carboxylic acid groups (broad SMARTS) is 1. The molecule has 2 N–H and O–H groups in total. The number of amides is 2. The largest absolute Gasteiger partial charge is 0.481 e. The number of hydrogen-bond acceptors (Lipinski definition) is 2. The third-order valence-corrected chi connectivity index (χ3v) is 4.99. The van der Waals surface area contributed by atoms with Gasteiger partial charge in [0, 0.05) is 19.1 Å². The molecule has 0 aromatic carbocycles. The maximum Gasteiger partial charge on any atom is 0.317 e. The highest BCUT2D eigenvalue weighted by Gasteiger charge is 2.36. The number of likely N-dealkylation sites (tertiary alicyclic amines) is 1. The van der Waals surface area contributed by atoms with E-state index in [1.165, 1.54) is 25.7 Å². The predicted molar refractivity (Wildman–Crippen MR) is 81.1 cm³/mol. The Bertz CT molecular complexity index is 367. The van der Waals surface area contributed by atoms with Crippen LogP contribution in [0.15, 0.2) is 0 Å². The normalized spacial score (nSPS) is 24.2. The fourth-order valence-corrected chi connectivity index (χ4v) is 3.85. The molecule has 2 aliphatic rings. The van der Waals surface area contributed by atoms with Gasteiger partial charge in [-0.05, 0) is 38.0 Å². The Morgan fingerprint density at radius 1 is 1.24 bits per heavy atom. The first-order valence-electron chi connectivity index (χ1n) is 8.40. The van der Waals surface area contributed by atoms with Crippen molar-refractivity contribution in [2.24, 2.45) is 11.8 Å². The Morgan fingerprint density at radius 3 is 2.57 bits per heavy atom. The fourth-order valence-electron chi connectivity index (χ4n) is 3.85. The van der Waals surface area contributed by atoms with Crippen molar-refractivity contribution < 1.29 is 14.7 Å². The second-order valence-corrected chi connectivity index (χ2v) is 6.46. The average Bonchev–Trinajstić information content (AvgIpc) is 3.11. The summed E-state index contributed by atoms with van der Waals surface area (Å²) in [6.45, 7) is 3.03. The maximum atomic E-state index is 12.4. The van der Waals surface area contributed by atoms with Crippen LogP contribution in [-0.4, -0.2) is 41.1 Å². The Balaban J connectivity index is 1.85. The molecule has 21 heavy (non-hydrogen) atoms. The second kappa shape index (κ2) is 7.66. The van der Waals surface area contributed by atoms with Gasteiger partial charge in [0.15, 0.2) is 0 Å². The molecule has 1 aliphatic heterocycles. The second-order valence-electron chi connectivity index (χ2n) is 6.46. The van der Waals surface area contributed by atoms with E-state index in [2.05, 4.69) is 5.32 Å². The van der Waals surface area contributed by atoms with Crippen LogP contribution >= 0.6 is 0 Å². The molecule has 1 heterocycles. The van der Waals surface area contributed by atoms with E-state index in [-0.39, 0.29) is 12.6 Å². The summed E-state index contributed by atoms with van der Waals surface area (Å²) in [6, 6.07) is 0.314. The lowest BCUT2D eigenvalue weighted by atomic mass is 9.96. The van der Waals surface area contributed by atoms with E-state index >= 15 is 0 Å². The van der Waals surface area contributed by atoms with Crippen molar-refractivity contribution in [1.29, 1.82) is 0 Å². The van der Waals surface area contributed by atoms with E-state index in [1.54, 1.807) is 0 Å². The van der Waals surface area contributed by atoms with Crippen molar-refractivity contribution in [3.8, 4) is 0 Å². The molecule has 0 aromatic heterocycles. The number of nitrogens with zero attached hydrogens (tertiary/aromatic N) is 1. The molecule has 0 spiro atoms. The van der Waals surface area contributed by atoms with Gasteiger partial charge in [0.25, 0.3) is 0 Å². The minimum absolute atomic E-state index is 0.0632. The van der Waals surface area contributed by atoms with Crippen LogP contribution in [-0.2, 0) is 4.79 Å². The van der Waals surface area contributed by atoms with Crippen molar-refractivity contribution in [2.45, 2.75) is 64.3 Å². The quantitative estimate of drug-likeness (QED) is 0.792. The SMILES string of the molecule is CCCC(CNC(=O)N1CCCC1C1CCCC1)C(=O)O. The highest BCUT2D eigenvalue weighted by atomic mass is 16.4. The average molecular weight is 296 g/mol. The molecule has 1 aliphatic carbocycles. The van der Waals surface area contributed by atoms with Gasteiger partial charge in [-0.1, -0.05) is 26.2 Å². The van der Waals surface area contributed by atoms with Crippen LogP contribution in [0, 0.1) is 11.8 Å². The molecular formula is C16H28N2O3. The van der Waals surface area contributed by atoms with Crippen LogP contribution in [0.2, 0.25) is 0 Å². The molecule has 2 rings (SSSR count).